The van der Waals surface area contributed by atoms with Crippen molar-refractivity contribution in [3.8, 4) is 0 Å². The summed E-state index contributed by atoms with van der Waals surface area (Å²) in [6, 6.07) is 0.364. The summed E-state index contributed by atoms with van der Waals surface area (Å²) in [7, 11) is 2.00. The van der Waals surface area contributed by atoms with E-state index >= 15 is 0 Å². The van der Waals surface area contributed by atoms with E-state index in [0.717, 1.165) is 31.9 Å². The zero-order valence-corrected chi connectivity index (χ0v) is 12.7. The van der Waals surface area contributed by atoms with E-state index in [2.05, 4.69) is 10.3 Å². The Labute approximate surface area is 120 Å². The summed E-state index contributed by atoms with van der Waals surface area (Å²) in [5.41, 5.74) is -0.423. The fraction of sp³-hybridized carbons (Fsp3) is 0.714. The van der Waals surface area contributed by atoms with E-state index in [1.165, 1.54) is 0 Å². The van der Waals surface area contributed by atoms with Gasteiger partial charge in [0.05, 0.1) is 0 Å². The van der Waals surface area contributed by atoms with Crippen LogP contribution in [0.3, 0.4) is 0 Å². The Bertz CT molecular complexity index is 458. The smallest absolute Gasteiger partial charge is 0.410 e. The fourth-order valence-electron chi connectivity index (χ4n) is 2.11. The van der Waals surface area contributed by atoms with Crippen LogP contribution in [0.15, 0.2) is 12.4 Å². The second kappa shape index (κ2) is 5.83. The van der Waals surface area contributed by atoms with Crippen LogP contribution in [0.1, 0.15) is 26.6 Å². The van der Waals surface area contributed by atoms with E-state index in [0.29, 0.717) is 6.04 Å². The van der Waals surface area contributed by atoms with Crippen molar-refractivity contribution in [3.63, 3.8) is 0 Å². The Balaban J connectivity index is 1.62. The first-order chi connectivity index (χ1) is 9.35. The van der Waals surface area contributed by atoms with Gasteiger partial charge in [-0.3, -0.25) is 0 Å². The summed E-state index contributed by atoms with van der Waals surface area (Å²) in [5, 5.41) is 3.43. The zero-order valence-electron chi connectivity index (χ0n) is 12.7. The van der Waals surface area contributed by atoms with Crippen molar-refractivity contribution in [3.05, 3.63) is 18.2 Å². The van der Waals surface area contributed by atoms with Gasteiger partial charge in [0.15, 0.2) is 0 Å². The summed E-state index contributed by atoms with van der Waals surface area (Å²) >= 11 is 0. The molecule has 0 bridgehead atoms. The van der Waals surface area contributed by atoms with Crippen LogP contribution in [-0.2, 0) is 18.2 Å². The van der Waals surface area contributed by atoms with E-state index in [-0.39, 0.29) is 6.09 Å². The molecule has 0 spiro atoms. The molecule has 0 unspecified atom stereocenters. The van der Waals surface area contributed by atoms with Crippen LogP contribution in [0.2, 0.25) is 0 Å². The Kier molecular flexibility index (Phi) is 4.32. The molecule has 1 fully saturated rings. The summed E-state index contributed by atoms with van der Waals surface area (Å²) in [6.07, 6.45) is 4.43. The van der Waals surface area contributed by atoms with E-state index in [9.17, 15) is 4.79 Å². The number of hydrogen-bond acceptors (Lipinski definition) is 4. The zero-order chi connectivity index (χ0) is 14.8. The lowest BCUT2D eigenvalue weighted by molar-refractivity contribution is 0.00540. The van der Waals surface area contributed by atoms with Gasteiger partial charge in [-0.1, -0.05) is 0 Å². The summed E-state index contributed by atoms with van der Waals surface area (Å²) < 4.78 is 7.34. The molecule has 112 valence electrons. The van der Waals surface area contributed by atoms with Crippen LogP contribution in [-0.4, -0.2) is 51.8 Å². The monoisotopic (exact) mass is 280 g/mol. The predicted molar refractivity (Wildman–Crippen MR) is 76.5 cm³/mol. The number of amides is 1. The molecule has 1 amide bonds. The van der Waals surface area contributed by atoms with Crippen molar-refractivity contribution in [2.75, 3.05) is 19.6 Å². The second-order valence-electron chi connectivity index (χ2n) is 6.24. The van der Waals surface area contributed by atoms with Gasteiger partial charge in [-0.15, -0.1) is 0 Å². The van der Waals surface area contributed by atoms with Crippen LogP contribution < -0.4 is 5.32 Å². The summed E-state index contributed by atoms with van der Waals surface area (Å²) in [5.74, 6) is 1.07. The van der Waals surface area contributed by atoms with Gasteiger partial charge in [-0.25, -0.2) is 9.78 Å². The molecule has 0 radical (unpaired) electrons. The number of rotatable bonds is 4. The molecule has 1 aromatic rings. The minimum absolute atomic E-state index is 0.223. The van der Waals surface area contributed by atoms with Crippen LogP contribution in [0.4, 0.5) is 4.79 Å². The van der Waals surface area contributed by atoms with Crippen LogP contribution in [0.5, 0.6) is 0 Å². The van der Waals surface area contributed by atoms with Gasteiger partial charge in [0.2, 0.25) is 0 Å². The molecule has 1 aliphatic heterocycles. The van der Waals surface area contributed by atoms with Gasteiger partial charge in [-0.05, 0) is 20.8 Å². The van der Waals surface area contributed by atoms with Crippen LogP contribution in [0, 0.1) is 0 Å². The topological polar surface area (TPSA) is 59.4 Å². The minimum Gasteiger partial charge on any atom is -0.444 e. The molecule has 1 N–H and O–H groups in total. The molecule has 1 aromatic heterocycles. The highest BCUT2D eigenvalue weighted by Gasteiger charge is 2.33. The van der Waals surface area contributed by atoms with Gasteiger partial charge in [0.1, 0.15) is 11.4 Å². The highest BCUT2D eigenvalue weighted by Crippen LogP contribution is 2.15. The molecular weight excluding hydrogens is 256 g/mol. The number of aromatic nitrogens is 2. The number of aryl methyl sites for hydroxylation is 1. The minimum atomic E-state index is -0.423. The van der Waals surface area contributed by atoms with Gasteiger partial charge >= 0.3 is 6.09 Å². The largest absolute Gasteiger partial charge is 0.444 e. The quantitative estimate of drug-likeness (QED) is 0.899. The average Bonchev–Trinajstić information content (AvgIpc) is 2.64. The average molecular weight is 280 g/mol. The van der Waals surface area contributed by atoms with E-state index in [4.69, 9.17) is 4.74 Å². The Morgan fingerprint density at radius 3 is 2.75 bits per heavy atom. The van der Waals surface area contributed by atoms with E-state index < -0.39 is 5.60 Å². The third kappa shape index (κ3) is 3.96. The van der Waals surface area contributed by atoms with E-state index in [1.807, 2.05) is 44.8 Å². The maximum absolute atomic E-state index is 11.8. The van der Waals surface area contributed by atoms with Crippen molar-refractivity contribution in [1.29, 1.82) is 0 Å². The third-order valence-corrected chi connectivity index (χ3v) is 3.24. The second-order valence-corrected chi connectivity index (χ2v) is 6.24. The van der Waals surface area contributed by atoms with Gasteiger partial charge in [-0.2, -0.15) is 0 Å². The molecule has 6 heteroatoms. The molecule has 1 aliphatic rings. The molecule has 6 nitrogen and oxygen atoms in total. The standard InChI is InChI=1S/C14H24N4O2/c1-14(2,3)20-13(19)18-9-11(10-18)15-6-5-12-16-7-8-17(12)4/h7-8,11,15H,5-6,9-10H2,1-4H3. The number of carbonyl (C=O) groups excluding carboxylic acids is 1. The Hall–Kier alpha value is -1.56. The van der Waals surface area contributed by atoms with Crippen molar-refractivity contribution >= 4 is 6.09 Å². The number of nitrogens with zero attached hydrogens (tertiary/aromatic N) is 3. The lowest BCUT2D eigenvalue weighted by Crippen LogP contribution is -2.60. The van der Waals surface area contributed by atoms with Gasteiger partial charge < -0.3 is 19.5 Å². The Morgan fingerprint density at radius 2 is 2.20 bits per heavy atom. The van der Waals surface area contributed by atoms with Crippen molar-refractivity contribution in [1.82, 2.24) is 19.8 Å². The maximum Gasteiger partial charge on any atom is 0.410 e. The number of ether oxygens (including phenoxy) is 1. The molecular formula is C14H24N4O2. The number of hydrogen-bond donors (Lipinski definition) is 1. The lowest BCUT2D eigenvalue weighted by atomic mass is 10.1. The van der Waals surface area contributed by atoms with Crippen molar-refractivity contribution in [2.24, 2.45) is 7.05 Å². The van der Waals surface area contributed by atoms with Crippen molar-refractivity contribution < 1.29 is 9.53 Å². The molecule has 0 saturated carbocycles. The highest BCUT2D eigenvalue weighted by atomic mass is 16.6. The predicted octanol–water partition coefficient (Wildman–Crippen LogP) is 1.17. The first-order valence-corrected chi connectivity index (χ1v) is 7.02. The van der Waals surface area contributed by atoms with Crippen molar-refractivity contribution in [2.45, 2.75) is 38.8 Å². The number of imidazole rings is 1. The van der Waals surface area contributed by atoms with Crippen LogP contribution in [0.25, 0.3) is 0 Å². The Morgan fingerprint density at radius 1 is 1.50 bits per heavy atom. The number of nitrogens with one attached hydrogen (secondary N) is 1. The molecule has 0 aromatic carbocycles. The molecule has 2 heterocycles. The molecule has 20 heavy (non-hydrogen) atoms. The van der Waals surface area contributed by atoms with Gasteiger partial charge in [0.25, 0.3) is 0 Å². The van der Waals surface area contributed by atoms with Gasteiger partial charge in [0, 0.05) is 51.5 Å². The maximum atomic E-state index is 11.8. The third-order valence-electron chi connectivity index (χ3n) is 3.24. The normalized spacial score (nSPS) is 16.1. The highest BCUT2D eigenvalue weighted by molar-refractivity contribution is 5.69. The first-order valence-electron chi connectivity index (χ1n) is 7.02. The summed E-state index contributed by atoms with van der Waals surface area (Å²) in [4.78, 5) is 17.8. The van der Waals surface area contributed by atoms with E-state index in [1.54, 1.807) is 4.90 Å². The fourth-order valence-corrected chi connectivity index (χ4v) is 2.11. The first kappa shape index (κ1) is 14.8. The molecule has 1 saturated heterocycles. The molecule has 0 aliphatic carbocycles. The molecule has 2 rings (SSSR count). The molecule has 0 atom stereocenters. The SMILES string of the molecule is Cn1ccnc1CCNC1CN(C(=O)OC(C)(C)C)C1. The number of likely N-dealkylation sites (tertiary alicyclic amines) is 1. The lowest BCUT2D eigenvalue weighted by Gasteiger charge is -2.40. The van der Waals surface area contributed by atoms with Crippen LogP contribution >= 0.6 is 0 Å². The summed E-state index contributed by atoms with van der Waals surface area (Å²) in [6.45, 7) is 7.95. The number of carbonyl (C=O) groups is 1.